The molecule has 78 heavy (non-hydrogen) atoms. The van der Waals surface area contributed by atoms with Gasteiger partial charge in [-0.2, -0.15) is 61.5 Å². The minimum atomic E-state index is -4.93. The Morgan fingerprint density at radius 1 is 0.538 bits per heavy atom. The highest BCUT2D eigenvalue weighted by atomic mass is 79.9. The van der Waals surface area contributed by atoms with E-state index in [1.54, 1.807) is 6.92 Å². The van der Waals surface area contributed by atoms with Gasteiger partial charge in [0.25, 0.3) is 16.7 Å². The zero-order valence-electron chi connectivity index (χ0n) is 38.8. The van der Waals surface area contributed by atoms with Crippen LogP contribution in [0.4, 0.5) is 61.5 Å². The highest BCUT2D eigenvalue weighted by Crippen LogP contribution is 2.36. The van der Waals surface area contributed by atoms with Crippen LogP contribution in [0, 0.1) is 11.9 Å². The number of nitrogens with zero attached hydrogens (tertiary/aromatic N) is 9. The topological polar surface area (TPSA) is 212 Å². The summed E-state index contributed by atoms with van der Waals surface area (Å²) in [4.78, 5) is 57.0. The summed E-state index contributed by atoms with van der Waals surface area (Å²) in [6.07, 6.45) is -12.3. The fraction of sp³-hybridized carbons (Fsp3) is 0.152. The maximum Gasteiger partial charge on any atom is 0.490 e. The first-order valence-electron chi connectivity index (χ1n) is 21.2. The molecule has 0 atom stereocenters. The van der Waals surface area contributed by atoms with E-state index in [1.807, 2.05) is 0 Å². The maximum atomic E-state index is 13.4. The molecule has 0 amide bonds. The second kappa shape index (κ2) is 25.3. The number of hydrogen-bond acceptors (Lipinski definition) is 13. The van der Waals surface area contributed by atoms with Crippen molar-refractivity contribution in [2.45, 2.75) is 31.6 Å². The van der Waals surface area contributed by atoms with Gasteiger partial charge >= 0.3 is 31.8 Å². The molecule has 9 aromatic heterocycles. The van der Waals surface area contributed by atoms with Crippen LogP contribution in [-0.2, 0) is 18.5 Å². The molecule has 16 nitrogen and oxygen atoms in total. The summed E-state index contributed by atoms with van der Waals surface area (Å²) >= 11 is 2.62. The number of pyridine rings is 6. The molecule has 0 unspecified atom stereocenters. The predicted octanol–water partition coefficient (Wildman–Crippen LogP) is 8.01. The molecule has 0 aromatic carbocycles. The van der Waals surface area contributed by atoms with Crippen molar-refractivity contribution in [2.75, 3.05) is 13.2 Å². The van der Waals surface area contributed by atoms with Gasteiger partial charge in [-0.3, -0.25) is 27.6 Å². The van der Waals surface area contributed by atoms with Gasteiger partial charge in [-0.05, 0) is 83.5 Å². The molecule has 32 heteroatoms. The standard InChI is InChI=1S/C16H9F6N3O2.C14H7F4N3O.C9H4BrF3N2O.C5H5BFNO2.C2H6O/c17-15(18,19)8-27-11-5-4-9(7-23-11)12-13(16(20,21)22)24-10-3-1-2-6-25(10)14(12)26;15-9-5-4-8(7-19-9)11-12(14(16,17)18)20-10-3-1-2-6-21(10)13(11)22;10-6-7(9(11,12)13)14-5-3-1-2-4-15(5)8(6)16;7-5-2-1-4(3-8-5)6(9)10;1-2-3/h1-7H,8H2;1-7H;1-4H;1-3,9-10H;3H,2H2,1H3. The van der Waals surface area contributed by atoms with Gasteiger partial charge in [0.1, 0.15) is 21.4 Å². The smallest absolute Gasteiger partial charge is 0.468 e. The quantitative estimate of drug-likeness (QED) is 0.0848. The summed E-state index contributed by atoms with van der Waals surface area (Å²) in [5.41, 5.74) is -8.61. The third kappa shape index (κ3) is 15.7. The van der Waals surface area contributed by atoms with Gasteiger partial charge < -0.3 is 19.9 Å². The third-order valence-corrected chi connectivity index (χ3v) is 10.1. The normalized spacial score (nSPS) is 11.5. The molecule has 0 saturated carbocycles. The fourth-order valence-electron chi connectivity index (χ4n) is 6.20. The molecule has 9 aromatic rings. The van der Waals surface area contributed by atoms with E-state index < -0.39 is 106 Å². The van der Waals surface area contributed by atoms with Crippen LogP contribution in [0.2, 0.25) is 0 Å². The molecule has 0 aliphatic carbocycles. The van der Waals surface area contributed by atoms with E-state index >= 15 is 0 Å². The first-order valence-corrected chi connectivity index (χ1v) is 22.0. The van der Waals surface area contributed by atoms with Crippen molar-refractivity contribution < 1.29 is 81.4 Å². The van der Waals surface area contributed by atoms with Crippen LogP contribution in [0.3, 0.4) is 0 Å². The average molecular weight is 1180 g/mol. The SMILES string of the molecule is CCO.O=c1c(-c2ccc(F)nc2)c(C(F)(F)F)nc2ccccn12.O=c1c(-c2ccc(OCC(F)(F)F)nc2)c(C(F)(F)F)nc2ccccn12.O=c1c(Br)c(C(F)(F)F)nc2ccccn12.OB(O)c1ccc(F)nc1. The van der Waals surface area contributed by atoms with Gasteiger partial charge in [0.2, 0.25) is 17.8 Å². The number of alkyl halides is 12. The molecule has 0 fully saturated rings. The summed E-state index contributed by atoms with van der Waals surface area (Å²) in [5, 5.41) is 24.6. The predicted molar refractivity (Wildman–Crippen MR) is 252 cm³/mol. The summed E-state index contributed by atoms with van der Waals surface area (Å²) in [7, 11) is -1.58. The van der Waals surface area contributed by atoms with Gasteiger partial charge in [0, 0.05) is 66.4 Å². The zero-order valence-corrected chi connectivity index (χ0v) is 40.4. The summed E-state index contributed by atoms with van der Waals surface area (Å²) in [6.45, 7) is 0.327. The van der Waals surface area contributed by atoms with E-state index in [-0.39, 0.29) is 40.1 Å². The molecule has 0 spiro atoms. The van der Waals surface area contributed by atoms with E-state index in [4.69, 9.17) is 15.2 Å². The zero-order chi connectivity index (χ0) is 57.9. The highest BCUT2D eigenvalue weighted by Gasteiger charge is 2.40. The molecule has 9 rings (SSSR count). The molecule has 0 radical (unpaired) electrons. The molecule has 9 heterocycles. The lowest BCUT2D eigenvalue weighted by Gasteiger charge is -2.13. The summed E-state index contributed by atoms with van der Waals surface area (Å²) in [6, 6.07) is 19.0. The first kappa shape index (κ1) is 60.6. The summed E-state index contributed by atoms with van der Waals surface area (Å²) < 4.78 is 186. The molecule has 0 bridgehead atoms. The van der Waals surface area contributed by atoms with E-state index in [1.165, 1.54) is 79.3 Å². The number of ether oxygens (including phenoxy) is 1. The second-order valence-electron chi connectivity index (χ2n) is 14.9. The monoisotopic (exact) mass is 1180 g/mol. The molecule has 0 aliphatic rings. The maximum absolute atomic E-state index is 13.4. The third-order valence-electron chi connectivity index (χ3n) is 9.43. The number of rotatable bonds is 5. The van der Waals surface area contributed by atoms with E-state index in [9.17, 15) is 75.8 Å². The van der Waals surface area contributed by atoms with Crippen molar-refractivity contribution >= 4 is 45.5 Å². The van der Waals surface area contributed by atoms with Gasteiger partial charge in [-0.25, -0.2) is 29.9 Å². The van der Waals surface area contributed by atoms with Crippen molar-refractivity contribution in [1.29, 1.82) is 0 Å². The Morgan fingerprint density at radius 2 is 0.923 bits per heavy atom. The van der Waals surface area contributed by atoms with Crippen molar-refractivity contribution in [3.05, 3.63) is 193 Å². The Morgan fingerprint density at radius 3 is 1.27 bits per heavy atom. The van der Waals surface area contributed by atoms with Gasteiger partial charge in [-0.15, -0.1) is 0 Å². The van der Waals surface area contributed by atoms with Crippen molar-refractivity contribution in [2.24, 2.45) is 0 Å². The number of aliphatic hydroxyl groups is 1. The van der Waals surface area contributed by atoms with Crippen molar-refractivity contribution in [1.82, 2.24) is 43.1 Å². The number of aromatic nitrogens is 9. The van der Waals surface area contributed by atoms with E-state index in [0.717, 1.165) is 62.1 Å². The van der Waals surface area contributed by atoms with Crippen LogP contribution in [-0.4, -0.2) is 84.8 Å². The van der Waals surface area contributed by atoms with E-state index in [2.05, 4.69) is 50.6 Å². The van der Waals surface area contributed by atoms with Crippen LogP contribution in [0.25, 0.3) is 39.2 Å². The Balaban J connectivity index is 0.000000197. The fourth-order valence-corrected chi connectivity index (χ4v) is 6.70. The number of aliphatic hydroxyl groups excluding tert-OH is 1. The van der Waals surface area contributed by atoms with Crippen LogP contribution in [0.15, 0.2) is 147 Å². The Bertz CT molecular complexity index is 3680. The van der Waals surface area contributed by atoms with Crippen LogP contribution >= 0.6 is 15.9 Å². The van der Waals surface area contributed by atoms with Crippen molar-refractivity contribution in [3.63, 3.8) is 0 Å². The van der Waals surface area contributed by atoms with Crippen LogP contribution < -0.4 is 26.9 Å². The lowest BCUT2D eigenvalue weighted by atomic mass is 9.82. The van der Waals surface area contributed by atoms with Gasteiger partial charge in [0.15, 0.2) is 23.7 Å². The van der Waals surface area contributed by atoms with Crippen LogP contribution in [0.1, 0.15) is 24.0 Å². The second-order valence-corrected chi connectivity index (χ2v) is 15.7. The lowest BCUT2D eigenvalue weighted by Crippen LogP contribution is -2.30. The first-order chi connectivity index (χ1) is 36.5. The van der Waals surface area contributed by atoms with Crippen LogP contribution in [0.5, 0.6) is 5.88 Å². The largest absolute Gasteiger partial charge is 0.490 e. The number of halogens is 15. The van der Waals surface area contributed by atoms with Gasteiger partial charge in [-0.1, -0.05) is 24.3 Å². The Hall–Kier alpha value is -8.23. The lowest BCUT2D eigenvalue weighted by molar-refractivity contribution is -0.154. The number of fused-ring (bicyclic) bond motifs is 3. The molecular weight excluding hydrogens is 1150 g/mol. The Labute approximate surface area is 434 Å². The Kier molecular flexibility index (Phi) is 19.7. The van der Waals surface area contributed by atoms with Gasteiger partial charge in [0.05, 0.1) is 11.1 Å². The molecule has 3 N–H and O–H groups in total. The minimum absolute atomic E-state index is 0.0389. The molecular formula is C46H31BBrF14N9O7. The average Bonchev–Trinajstić information content (AvgIpc) is 3.51. The van der Waals surface area contributed by atoms with Crippen molar-refractivity contribution in [3.8, 4) is 28.1 Å². The summed E-state index contributed by atoms with van der Waals surface area (Å²) in [5.74, 6) is -1.94. The molecule has 0 saturated heterocycles. The van der Waals surface area contributed by atoms with E-state index in [0.29, 0.717) is 0 Å². The molecule has 410 valence electrons. The highest BCUT2D eigenvalue weighted by molar-refractivity contribution is 9.10. The number of hydrogen-bond donors (Lipinski definition) is 3. The molecule has 0 aliphatic heterocycles. The minimum Gasteiger partial charge on any atom is -0.468 e.